The molecule has 0 fully saturated rings. The normalized spacial score (nSPS) is 11.5. The Morgan fingerprint density at radius 2 is 1.49 bits per heavy atom. The van der Waals surface area contributed by atoms with E-state index in [1.54, 1.807) is 0 Å². The number of pyridine rings is 2. The minimum Gasteiger partial charge on any atom is -0.305 e. The Labute approximate surface area is 323 Å². The molecule has 0 saturated heterocycles. The third-order valence-corrected chi connectivity index (χ3v) is 12.7. The van der Waals surface area contributed by atoms with Gasteiger partial charge < -0.3 is 9.97 Å². The third kappa shape index (κ3) is 9.02. The molecule has 0 saturated carbocycles. The maximum absolute atomic E-state index is 4.72. The minimum absolute atomic E-state index is 0. The number of fused-ring (bicyclic) bond motifs is 3. The first kappa shape index (κ1) is 38.5. The summed E-state index contributed by atoms with van der Waals surface area (Å²) >= 11 is 1.85. The monoisotopic (exact) mass is 881 g/mol. The van der Waals surface area contributed by atoms with Crippen LogP contribution in [0.2, 0.25) is 19.6 Å². The summed E-state index contributed by atoms with van der Waals surface area (Å²) in [5.41, 5.74) is 9.63. The molecule has 0 atom stereocenters. The summed E-state index contributed by atoms with van der Waals surface area (Å²) in [5.74, 6) is 1.25. The molecule has 0 aliphatic heterocycles. The standard InChI is InChI=1S/C28H24NS.C18H24NSi.Ir/c1-3-19(4-2)22-15-16-29-26(17-22)25-12-8-11-24-23-14-13-21(18-27(23)30-28(24)25)20-9-6-5-7-10-20;1-14(2)11-16-12-17(15-9-7-6-8-10-15)19-13-18(16)20(3,4)5;/h5-11,13-19H,3-4H2,1-2H3;6-9,12-14H,11H2,1-5H3;/q2*-1;. The van der Waals surface area contributed by atoms with E-state index in [0.29, 0.717) is 11.8 Å². The maximum Gasteiger partial charge on any atom is 0.0798 e. The number of hydrogen-bond donors (Lipinski definition) is 0. The molecular weight excluding hydrogens is 833 g/mol. The van der Waals surface area contributed by atoms with Crippen molar-refractivity contribution >= 4 is 44.8 Å². The fraction of sp³-hybridized carbons (Fsp3) is 0.261. The molecule has 0 spiro atoms. The minimum atomic E-state index is -1.34. The van der Waals surface area contributed by atoms with Gasteiger partial charge in [0.15, 0.2) is 0 Å². The van der Waals surface area contributed by atoms with Crippen LogP contribution in [0.3, 0.4) is 0 Å². The number of rotatable bonds is 9. The van der Waals surface area contributed by atoms with Gasteiger partial charge in [0.05, 0.1) is 8.07 Å². The van der Waals surface area contributed by atoms with Gasteiger partial charge >= 0.3 is 0 Å². The molecule has 0 amide bonds. The molecule has 3 heterocycles. The maximum atomic E-state index is 4.72. The van der Waals surface area contributed by atoms with Crippen molar-refractivity contribution in [2.45, 2.75) is 72.5 Å². The smallest absolute Gasteiger partial charge is 0.0798 e. The average Bonchev–Trinajstić information content (AvgIpc) is 3.51. The topological polar surface area (TPSA) is 25.8 Å². The van der Waals surface area contributed by atoms with E-state index < -0.39 is 8.07 Å². The van der Waals surface area contributed by atoms with Crippen molar-refractivity contribution < 1.29 is 20.1 Å². The third-order valence-electron chi connectivity index (χ3n) is 9.45. The second-order valence-electron chi connectivity index (χ2n) is 14.6. The van der Waals surface area contributed by atoms with Crippen LogP contribution < -0.4 is 5.19 Å². The molecule has 51 heavy (non-hydrogen) atoms. The predicted molar refractivity (Wildman–Crippen MR) is 220 cm³/mol. The van der Waals surface area contributed by atoms with Crippen LogP contribution >= 0.6 is 11.3 Å². The molecule has 2 nitrogen and oxygen atoms in total. The molecule has 5 heteroatoms. The van der Waals surface area contributed by atoms with Crippen molar-refractivity contribution in [1.29, 1.82) is 0 Å². The molecule has 0 N–H and O–H groups in total. The first-order chi connectivity index (χ1) is 24.2. The van der Waals surface area contributed by atoms with Crippen molar-refractivity contribution in [3.63, 3.8) is 0 Å². The van der Waals surface area contributed by atoms with Crippen LogP contribution in [0.15, 0.2) is 116 Å². The van der Waals surface area contributed by atoms with Gasteiger partial charge in [0.25, 0.3) is 0 Å². The van der Waals surface area contributed by atoms with Gasteiger partial charge in [-0.2, -0.15) is 11.3 Å². The number of thiophene rings is 1. The Hall–Kier alpha value is -3.73. The zero-order chi connectivity index (χ0) is 35.3. The van der Waals surface area contributed by atoms with Crippen LogP contribution in [0.1, 0.15) is 57.6 Å². The Kier molecular flexibility index (Phi) is 13.0. The van der Waals surface area contributed by atoms with E-state index >= 15 is 0 Å². The van der Waals surface area contributed by atoms with Crippen LogP contribution in [0, 0.1) is 18.1 Å². The van der Waals surface area contributed by atoms with Gasteiger partial charge in [0, 0.05) is 37.2 Å². The number of nitrogens with zero attached hydrogens (tertiary/aromatic N) is 2. The van der Waals surface area contributed by atoms with Crippen LogP contribution in [-0.4, -0.2) is 18.0 Å². The van der Waals surface area contributed by atoms with E-state index in [0.717, 1.165) is 41.8 Å². The van der Waals surface area contributed by atoms with E-state index in [-0.39, 0.29) is 20.1 Å². The van der Waals surface area contributed by atoms with Gasteiger partial charge in [-0.25, -0.2) is 0 Å². The van der Waals surface area contributed by atoms with E-state index in [1.807, 2.05) is 41.8 Å². The average molecular weight is 881 g/mol. The van der Waals surface area contributed by atoms with Crippen LogP contribution in [-0.2, 0) is 26.5 Å². The molecule has 4 aromatic carbocycles. The number of aromatic nitrogens is 2. The van der Waals surface area contributed by atoms with Gasteiger partial charge in [0.1, 0.15) is 0 Å². The van der Waals surface area contributed by atoms with Crippen molar-refractivity contribution in [3.05, 3.63) is 139 Å². The van der Waals surface area contributed by atoms with E-state index in [9.17, 15) is 0 Å². The zero-order valence-corrected chi connectivity index (χ0v) is 35.1. The summed E-state index contributed by atoms with van der Waals surface area (Å²) in [6.07, 6.45) is 7.50. The molecule has 0 unspecified atom stereocenters. The van der Waals surface area contributed by atoms with Gasteiger partial charge in [-0.3, -0.25) is 0 Å². The van der Waals surface area contributed by atoms with Crippen LogP contribution in [0.5, 0.6) is 0 Å². The summed E-state index contributed by atoms with van der Waals surface area (Å²) < 4.78 is 2.58. The van der Waals surface area contributed by atoms with Gasteiger partial charge in [-0.15, -0.1) is 59.7 Å². The van der Waals surface area contributed by atoms with Crippen molar-refractivity contribution in [3.8, 4) is 33.6 Å². The summed E-state index contributed by atoms with van der Waals surface area (Å²) in [7, 11) is -1.34. The molecular formula is C46H48IrN2SSi-2. The fourth-order valence-electron chi connectivity index (χ4n) is 6.82. The van der Waals surface area contributed by atoms with E-state index in [4.69, 9.17) is 4.98 Å². The van der Waals surface area contributed by atoms with E-state index in [1.165, 1.54) is 47.6 Å². The quantitative estimate of drug-likeness (QED) is 0.107. The number of hydrogen-bond acceptors (Lipinski definition) is 3. The second kappa shape index (κ2) is 17.2. The zero-order valence-electron chi connectivity index (χ0n) is 30.9. The summed E-state index contributed by atoms with van der Waals surface area (Å²) in [6.45, 7) is 16.3. The molecule has 1 radical (unpaired) electrons. The second-order valence-corrected chi connectivity index (χ2v) is 20.7. The Morgan fingerprint density at radius 3 is 2.18 bits per heavy atom. The Balaban J connectivity index is 0.000000211. The van der Waals surface area contributed by atoms with Crippen molar-refractivity contribution in [2.75, 3.05) is 0 Å². The molecule has 0 aliphatic carbocycles. The molecule has 0 aliphatic rings. The summed E-state index contributed by atoms with van der Waals surface area (Å²) in [5, 5.41) is 4.09. The molecule has 7 aromatic rings. The molecule has 0 bridgehead atoms. The first-order valence-electron chi connectivity index (χ1n) is 18.0. The van der Waals surface area contributed by atoms with E-state index in [2.05, 4.69) is 150 Å². The van der Waals surface area contributed by atoms with Crippen molar-refractivity contribution in [2.24, 2.45) is 5.92 Å². The van der Waals surface area contributed by atoms with Gasteiger partial charge in [0.2, 0.25) is 0 Å². The largest absolute Gasteiger partial charge is 0.305 e. The summed E-state index contributed by atoms with van der Waals surface area (Å²) in [4.78, 5) is 9.41. The molecule has 7 rings (SSSR count). The predicted octanol–water partition coefficient (Wildman–Crippen LogP) is 12.8. The molecule has 263 valence electrons. The molecule has 3 aromatic heterocycles. The first-order valence-corrected chi connectivity index (χ1v) is 22.3. The fourth-order valence-corrected chi connectivity index (χ4v) is 9.66. The SMILES string of the molecule is CC(C)Cc1cc(-c2[c-]cccc2)ncc1[Si](C)(C)C.CCC(CC)c1ccnc(-c2[c-]ccc3c2sc2cc(-c4ccccc4)ccc23)c1.[Ir]. The number of benzene rings is 4. The van der Waals surface area contributed by atoms with Crippen LogP contribution in [0.25, 0.3) is 53.8 Å². The Bertz CT molecular complexity index is 2180. The van der Waals surface area contributed by atoms with Crippen LogP contribution in [0.4, 0.5) is 0 Å². The summed E-state index contributed by atoms with van der Waals surface area (Å²) in [6, 6.07) is 43.1. The van der Waals surface area contributed by atoms with Gasteiger partial charge in [-0.1, -0.05) is 118 Å². The van der Waals surface area contributed by atoms with Crippen molar-refractivity contribution in [1.82, 2.24) is 9.97 Å². The van der Waals surface area contributed by atoms with Gasteiger partial charge in [-0.05, 0) is 81.0 Å². The Morgan fingerprint density at radius 1 is 0.725 bits per heavy atom.